The Balaban J connectivity index is -0.000000816. The Morgan fingerprint density at radius 1 is 0.881 bits per heavy atom. The number of nitrogens with two attached hydrogens (primary N) is 2. The topological polar surface area (TPSA) is 238 Å². The minimum Gasteiger partial charge on any atom is -1.00 e. The fourth-order valence-electron chi connectivity index (χ4n) is 3.92. The average molecular weight is 974 g/mol. The summed E-state index contributed by atoms with van der Waals surface area (Å²) in [5.41, 5.74) is 10.7. The second kappa shape index (κ2) is 30.4. The predicted octanol–water partition coefficient (Wildman–Crippen LogP) is 0.501. The van der Waals surface area contributed by atoms with Crippen molar-refractivity contribution in [3.63, 3.8) is 0 Å². The molecule has 0 aliphatic heterocycles. The summed E-state index contributed by atoms with van der Waals surface area (Å²) in [6.07, 6.45) is -5.49. The third kappa shape index (κ3) is 22.3. The first kappa shape index (κ1) is 59.5. The van der Waals surface area contributed by atoms with Gasteiger partial charge in [-0.25, -0.2) is 15.0 Å². The van der Waals surface area contributed by atoms with Crippen molar-refractivity contribution in [3.8, 4) is 12.1 Å². The van der Waals surface area contributed by atoms with Crippen molar-refractivity contribution in [1.82, 2.24) is 19.9 Å². The number of H-pyrrole nitrogens is 1. The molecule has 4 aromatic rings. The van der Waals surface area contributed by atoms with E-state index in [9.17, 15) is 41.2 Å². The number of hydrogen-bond donors (Lipinski definition) is 3. The summed E-state index contributed by atoms with van der Waals surface area (Å²) in [5, 5.41) is 27.6. The number of carbonyl (C=O) groups excluding carboxylic acids is 3. The second-order valence-electron chi connectivity index (χ2n) is 10.3. The standard InChI is InChI=1S/C16H13F3N4OS2.C10H8ClF3O.C6H6N4S2.CH2O3.2K.H/c1-25-13-12(7-20)14(23-15(21)22-13)26-8-11(24)6-9-3-2-4-10(5-9)16(17,18)19;11-6-9(15)5-7-2-1-3-8(4-7)10(12,13)14;1-12-5-3(2-7)4(11)9-6(8)10-5;2-1-4-3;;;/h2-5H,6,8H2,1H3,(H2,21,22,23);1-4H,5-6H2;1H3,(H3,8,9,10,11);1,3H;;;/q;;;;2*+1;-1/p-1. The summed E-state index contributed by atoms with van der Waals surface area (Å²) in [6, 6.07) is 13.3. The number of anilines is 2. The first-order valence-electron chi connectivity index (χ1n) is 15.0. The molecule has 13 nitrogen and oxygen atoms in total. The molecule has 2 heterocycles. The van der Waals surface area contributed by atoms with Crippen molar-refractivity contribution < 1.29 is 155 Å². The molecule has 0 fully saturated rings. The molecule has 0 unspecified atom stereocenters. The van der Waals surface area contributed by atoms with E-state index in [1.165, 1.54) is 47.8 Å². The normalized spacial score (nSPS) is 10.1. The van der Waals surface area contributed by atoms with Crippen LogP contribution in [0.25, 0.3) is 0 Å². The van der Waals surface area contributed by atoms with Gasteiger partial charge in [-0.05, 0) is 35.8 Å². The molecule has 0 saturated heterocycles. The predicted molar refractivity (Wildman–Crippen MR) is 203 cm³/mol. The molecule has 0 spiro atoms. The van der Waals surface area contributed by atoms with E-state index >= 15 is 0 Å². The molecule has 59 heavy (non-hydrogen) atoms. The summed E-state index contributed by atoms with van der Waals surface area (Å²) in [5.74, 6) is -0.590. The summed E-state index contributed by atoms with van der Waals surface area (Å²) < 4.78 is 75.3. The van der Waals surface area contributed by atoms with Gasteiger partial charge in [0.1, 0.15) is 48.8 Å². The van der Waals surface area contributed by atoms with Crippen molar-refractivity contribution in [3.05, 3.63) is 86.6 Å². The average Bonchev–Trinajstić information content (AvgIpc) is 3.16. The van der Waals surface area contributed by atoms with E-state index in [4.69, 9.17) is 50.6 Å². The molecular weight excluding hydrogens is 944 g/mol. The minimum atomic E-state index is -4.46. The molecule has 306 valence electrons. The second-order valence-corrected chi connectivity index (χ2v) is 13.5. The number of benzene rings is 2. The van der Waals surface area contributed by atoms with Gasteiger partial charge in [-0.15, -0.1) is 35.1 Å². The maximum atomic E-state index is 12.7. The van der Waals surface area contributed by atoms with Crippen LogP contribution in [0.4, 0.5) is 38.2 Å². The number of Topliss-reactive ketones (excluding diaryl/α,β-unsaturated/α-hetero) is 2. The van der Waals surface area contributed by atoms with E-state index in [2.05, 4.69) is 24.8 Å². The maximum Gasteiger partial charge on any atom is 1.00 e. The number of nitrogens with zero attached hydrogens (tertiary/aromatic N) is 5. The first-order valence-corrected chi connectivity index (χ1v) is 19.4. The van der Waals surface area contributed by atoms with Crippen LogP contribution in [0, 0.1) is 27.3 Å². The molecule has 4 rings (SSSR count). The molecule has 0 saturated carbocycles. The van der Waals surface area contributed by atoms with Gasteiger partial charge in [0, 0.05) is 12.8 Å². The monoisotopic (exact) mass is 972 g/mol. The Hall–Kier alpha value is -1.64. The number of nitrogens with one attached hydrogen (secondary N) is 1. The van der Waals surface area contributed by atoms with Gasteiger partial charge in [0.05, 0.1) is 22.8 Å². The SMILES string of the molecule is CSc1nc(N)[nH]c(=S)c1C#N.CSc1nc(N)nc(SCC(=O)Cc2cccc(C(F)(F)F)c2)c1C#N.O=C(CCl)Cc1cccc(C(F)(F)F)c1.O=CO[O-].[H-].[K+].[K+]. The van der Waals surface area contributed by atoms with Crippen LogP contribution in [0.2, 0.25) is 0 Å². The number of alkyl halides is 7. The van der Waals surface area contributed by atoms with E-state index in [0.29, 0.717) is 25.8 Å². The smallest absolute Gasteiger partial charge is 1.00 e. The zero-order chi connectivity index (χ0) is 43.3. The number of carbonyl (C=O) groups is 3. The number of aromatic nitrogens is 4. The van der Waals surface area contributed by atoms with Crippen LogP contribution in [0.3, 0.4) is 0 Å². The van der Waals surface area contributed by atoms with Gasteiger partial charge < -0.3 is 28.0 Å². The summed E-state index contributed by atoms with van der Waals surface area (Å²) in [6.45, 7) is -0.181. The molecule has 0 radical (unpaired) electrons. The van der Waals surface area contributed by atoms with Crippen LogP contribution < -0.4 is 119 Å². The van der Waals surface area contributed by atoms with Gasteiger partial charge in [0.25, 0.3) is 6.47 Å². The summed E-state index contributed by atoms with van der Waals surface area (Å²) >= 11 is 13.7. The zero-order valence-electron chi connectivity index (χ0n) is 32.2. The van der Waals surface area contributed by atoms with E-state index in [0.717, 1.165) is 36.0 Å². The van der Waals surface area contributed by atoms with E-state index in [-0.39, 0.29) is 175 Å². The molecule has 0 aliphatic rings. The minimum absolute atomic E-state index is 0. The molecule has 2 aromatic heterocycles. The third-order valence-electron chi connectivity index (χ3n) is 6.24. The summed E-state index contributed by atoms with van der Waals surface area (Å²) in [4.78, 5) is 48.8. The largest absolute Gasteiger partial charge is 1.00 e. The fourth-order valence-corrected chi connectivity index (χ4v) is 6.31. The van der Waals surface area contributed by atoms with E-state index in [1.807, 2.05) is 18.4 Å². The molecule has 0 amide bonds. The van der Waals surface area contributed by atoms with Crippen molar-refractivity contribution in [1.29, 1.82) is 10.5 Å². The Bertz CT molecular complexity index is 2170. The Labute approximate surface area is 442 Å². The number of nitriles is 2. The van der Waals surface area contributed by atoms with Crippen LogP contribution in [-0.2, 0) is 44.5 Å². The molecule has 5 N–H and O–H groups in total. The number of nitrogen functional groups attached to an aromatic ring is 2. The van der Waals surface area contributed by atoms with Gasteiger partial charge in [-0.2, -0.15) is 36.9 Å². The van der Waals surface area contributed by atoms with Crippen molar-refractivity contribution in [2.24, 2.45) is 0 Å². The van der Waals surface area contributed by atoms with Gasteiger partial charge in [-0.1, -0.05) is 60.4 Å². The third-order valence-corrected chi connectivity index (χ3v) is 9.25. The molecular formula is C33H29ClF6K2N8O5S4. The van der Waals surface area contributed by atoms with Crippen LogP contribution in [0.1, 0.15) is 34.8 Å². The molecule has 0 aliphatic carbocycles. The molecule has 2 aromatic carbocycles. The van der Waals surface area contributed by atoms with Crippen LogP contribution in [-0.4, -0.2) is 62.1 Å². The fraction of sp³-hybridized carbons (Fsp3) is 0.242. The Morgan fingerprint density at radius 3 is 1.73 bits per heavy atom. The Kier molecular flexibility index (Phi) is 30.7. The molecule has 26 heteroatoms. The van der Waals surface area contributed by atoms with Gasteiger partial charge in [0.2, 0.25) is 5.95 Å². The zero-order valence-corrected chi connectivity index (χ0v) is 41.5. The van der Waals surface area contributed by atoms with Crippen LogP contribution in [0.15, 0.2) is 63.6 Å². The van der Waals surface area contributed by atoms with E-state index < -0.39 is 23.5 Å². The first-order chi connectivity index (χ1) is 26.8. The van der Waals surface area contributed by atoms with Crippen LogP contribution in [0.5, 0.6) is 0 Å². The maximum absolute atomic E-state index is 12.7. The van der Waals surface area contributed by atoms with E-state index in [1.54, 1.807) is 6.26 Å². The number of halogens is 7. The van der Waals surface area contributed by atoms with Crippen molar-refractivity contribution in [2.75, 3.05) is 35.6 Å². The number of thioether (sulfide) groups is 3. The van der Waals surface area contributed by atoms with Gasteiger partial charge in [-0.3, -0.25) is 14.4 Å². The molecule has 0 atom stereocenters. The van der Waals surface area contributed by atoms with Gasteiger partial charge in [0.15, 0.2) is 11.7 Å². The number of ketones is 2. The van der Waals surface area contributed by atoms with Crippen LogP contribution >= 0.6 is 59.1 Å². The van der Waals surface area contributed by atoms with Crippen molar-refractivity contribution in [2.45, 2.75) is 40.3 Å². The van der Waals surface area contributed by atoms with Crippen molar-refractivity contribution >= 4 is 89.0 Å². The summed E-state index contributed by atoms with van der Waals surface area (Å²) in [7, 11) is 0. The Morgan fingerprint density at radius 2 is 1.32 bits per heavy atom. The quantitative estimate of drug-likeness (QED) is 0.0214. The van der Waals surface area contributed by atoms with Gasteiger partial charge >= 0.3 is 115 Å². The number of aromatic amines is 1. The number of rotatable bonds is 11. The number of hydrogen-bond acceptors (Lipinski definition) is 16. The molecule has 0 bridgehead atoms.